The maximum absolute atomic E-state index is 13.0. The third kappa shape index (κ3) is 5.25. The van der Waals surface area contributed by atoms with Crippen LogP contribution in [0.1, 0.15) is 27.0 Å². The van der Waals surface area contributed by atoms with Crippen LogP contribution in [0.5, 0.6) is 0 Å². The lowest BCUT2D eigenvalue weighted by Crippen LogP contribution is -2.16. The van der Waals surface area contributed by atoms with Gasteiger partial charge in [-0.05, 0) is 59.7 Å². The van der Waals surface area contributed by atoms with Crippen molar-refractivity contribution in [3.63, 3.8) is 0 Å². The first-order chi connectivity index (χ1) is 15.6. The molecule has 3 nitrogen and oxygen atoms in total. The Labute approximate surface area is 190 Å². The second-order valence-corrected chi connectivity index (χ2v) is 8.11. The van der Waals surface area contributed by atoms with Gasteiger partial charge in [0, 0.05) is 49.7 Å². The summed E-state index contributed by atoms with van der Waals surface area (Å²) in [5, 5.41) is 0. The van der Waals surface area contributed by atoms with E-state index in [1.54, 1.807) is 0 Å². The van der Waals surface area contributed by atoms with E-state index in [9.17, 15) is 4.79 Å². The van der Waals surface area contributed by atoms with Crippen LogP contribution in [0.3, 0.4) is 0 Å². The number of ketones is 1. The molecule has 160 valence electrons. The summed E-state index contributed by atoms with van der Waals surface area (Å²) in [5.41, 5.74) is 6.09. The zero-order valence-electron chi connectivity index (χ0n) is 18.6. The fraction of sp³-hybridized carbons (Fsp3) is 0.138. The Morgan fingerprint density at radius 3 is 1.22 bits per heavy atom. The number of hydrogen-bond acceptors (Lipinski definition) is 3. The van der Waals surface area contributed by atoms with Crippen molar-refractivity contribution in [1.29, 1.82) is 0 Å². The molecule has 0 N–H and O–H groups in total. The molecule has 4 rings (SSSR count). The molecule has 0 unspecified atom stereocenters. The van der Waals surface area contributed by atoms with Crippen LogP contribution in [-0.2, 0) is 13.1 Å². The van der Waals surface area contributed by atoms with Crippen molar-refractivity contribution in [3.8, 4) is 0 Å². The van der Waals surface area contributed by atoms with E-state index in [2.05, 4.69) is 72.4 Å². The topological polar surface area (TPSA) is 23.6 Å². The largest absolute Gasteiger partial charge is 0.370 e. The van der Waals surface area contributed by atoms with Gasteiger partial charge in [-0.2, -0.15) is 0 Å². The van der Waals surface area contributed by atoms with Crippen LogP contribution in [-0.4, -0.2) is 19.9 Å². The number of carbonyl (C=O) groups is 1. The maximum Gasteiger partial charge on any atom is 0.193 e. The van der Waals surface area contributed by atoms with Gasteiger partial charge in [0.25, 0.3) is 0 Å². The molecule has 0 saturated carbocycles. The summed E-state index contributed by atoms with van der Waals surface area (Å²) in [4.78, 5) is 17.3. The van der Waals surface area contributed by atoms with Gasteiger partial charge < -0.3 is 9.80 Å². The van der Waals surface area contributed by atoms with E-state index < -0.39 is 0 Å². The first kappa shape index (κ1) is 21.4. The fourth-order valence-electron chi connectivity index (χ4n) is 3.80. The Kier molecular flexibility index (Phi) is 6.66. The molecule has 4 aromatic rings. The van der Waals surface area contributed by atoms with Gasteiger partial charge in [-0.3, -0.25) is 4.79 Å². The Hall–Kier alpha value is -3.85. The molecule has 0 spiro atoms. The van der Waals surface area contributed by atoms with Gasteiger partial charge in [-0.1, -0.05) is 60.7 Å². The van der Waals surface area contributed by atoms with Crippen LogP contribution >= 0.6 is 0 Å². The van der Waals surface area contributed by atoms with Crippen molar-refractivity contribution in [2.24, 2.45) is 0 Å². The summed E-state index contributed by atoms with van der Waals surface area (Å²) in [7, 11) is 4.13. The van der Waals surface area contributed by atoms with Crippen LogP contribution in [0.25, 0.3) is 0 Å². The molecule has 0 aromatic heterocycles. The lowest BCUT2D eigenvalue weighted by Gasteiger charge is -2.20. The molecule has 4 aromatic carbocycles. The average Bonchev–Trinajstić information content (AvgIpc) is 2.85. The molecule has 0 atom stereocenters. The van der Waals surface area contributed by atoms with Gasteiger partial charge in [-0.25, -0.2) is 0 Å². The lowest BCUT2D eigenvalue weighted by atomic mass is 10.0. The highest BCUT2D eigenvalue weighted by Gasteiger charge is 2.11. The number of anilines is 2. The number of benzene rings is 4. The average molecular weight is 421 g/mol. The molecular formula is C29H28N2O. The minimum atomic E-state index is 0.0412. The van der Waals surface area contributed by atoms with Crippen LogP contribution in [0.15, 0.2) is 109 Å². The third-order valence-electron chi connectivity index (χ3n) is 5.67. The van der Waals surface area contributed by atoms with Gasteiger partial charge in [0.15, 0.2) is 5.78 Å². The van der Waals surface area contributed by atoms with Crippen molar-refractivity contribution in [2.45, 2.75) is 13.1 Å². The molecule has 0 heterocycles. The number of carbonyl (C=O) groups excluding carboxylic acids is 1. The normalized spacial score (nSPS) is 10.6. The second kappa shape index (κ2) is 9.97. The lowest BCUT2D eigenvalue weighted by molar-refractivity contribution is 0.103. The second-order valence-electron chi connectivity index (χ2n) is 8.11. The van der Waals surface area contributed by atoms with E-state index in [1.165, 1.54) is 11.1 Å². The summed E-state index contributed by atoms with van der Waals surface area (Å²) in [6, 6.07) is 36.4. The maximum atomic E-state index is 13.0. The van der Waals surface area contributed by atoms with E-state index >= 15 is 0 Å². The highest BCUT2D eigenvalue weighted by atomic mass is 16.1. The van der Waals surface area contributed by atoms with Crippen LogP contribution in [0.4, 0.5) is 11.4 Å². The van der Waals surface area contributed by atoms with Crippen molar-refractivity contribution < 1.29 is 4.79 Å². The Morgan fingerprint density at radius 1 is 0.531 bits per heavy atom. The molecule has 0 saturated heterocycles. The van der Waals surface area contributed by atoms with Gasteiger partial charge in [-0.15, -0.1) is 0 Å². The van der Waals surface area contributed by atoms with Crippen molar-refractivity contribution >= 4 is 17.2 Å². The highest BCUT2D eigenvalue weighted by molar-refractivity contribution is 6.09. The Balaban J connectivity index is 1.40. The van der Waals surface area contributed by atoms with E-state index in [0.29, 0.717) is 11.1 Å². The minimum absolute atomic E-state index is 0.0412. The summed E-state index contributed by atoms with van der Waals surface area (Å²) in [5.74, 6) is 0.0412. The first-order valence-electron chi connectivity index (χ1n) is 10.8. The molecule has 0 aliphatic rings. The Bertz CT molecular complexity index is 1040. The third-order valence-corrected chi connectivity index (χ3v) is 5.67. The molecule has 3 heteroatoms. The first-order valence-corrected chi connectivity index (χ1v) is 10.8. The number of hydrogen-bond donors (Lipinski definition) is 0. The molecular weight excluding hydrogens is 392 g/mol. The molecule has 0 aliphatic heterocycles. The quantitative estimate of drug-likeness (QED) is 0.318. The predicted molar refractivity (Wildman–Crippen MR) is 133 cm³/mol. The molecule has 32 heavy (non-hydrogen) atoms. The van der Waals surface area contributed by atoms with Gasteiger partial charge in [0.05, 0.1) is 0 Å². The molecule has 0 aliphatic carbocycles. The number of nitrogens with zero attached hydrogens (tertiary/aromatic N) is 2. The van der Waals surface area contributed by atoms with Crippen molar-refractivity contribution in [1.82, 2.24) is 0 Å². The summed E-state index contributed by atoms with van der Waals surface area (Å²) >= 11 is 0. The predicted octanol–water partition coefficient (Wildman–Crippen LogP) is 6.19. The van der Waals surface area contributed by atoms with Crippen molar-refractivity contribution in [3.05, 3.63) is 131 Å². The van der Waals surface area contributed by atoms with Crippen LogP contribution in [0.2, 0.25) is 0 Å². The van der Waals surface area contributed by atoms with Crippen LogP contribution in [0, 0.1) is 0 Å². The van der Waals surface area contributed by atoms with Gasteiger partial charge in [0.2, 0.25) is 0 Å². The van der Waals surface area contributed by atoms with E-state index in [-0.39, 0.29) is 5.78 Å². The summed E-state index contributed by atoms with van der Waals surface area (Å²) in [6.07, 6.45) is 0. The van der Waals surface area contributed by atoms with E-state index in [0.717, 1.165) is 24.5 Å². The smallest absolute Gasteiger partial charge is 0.193 e. The van der Waals surface area contributed by atoms with Gasteiger partial charge in [0.1, 0.15) is 0 Å². The zero-order chi connectivity index (χ0) is 22.3. The monoisotopic (exact) mass is 420 g/mol. The van der Waals surface area contributed by atoms with E-state index in [4.69, 9.17) is 0 Å². The molecule has 0 fully saturated rings. The summed E-state index contributed by atoms with van der Waals surface area (Å²) < 4.78 is 0. The van der Waals surface area contributed by atoms with Crippen LogP contribution < -0.4 is 9.80 Å². The molecule has 0 radical (unpaired) electrons. The fourth-order valence-corrected chi connectivity index (χ4v) is 3.80. The zero-order valence-corrected chi connectivity index (χ0v) is 18.6. The Morgan fingerprint density at radius 2 is 0.875 bits per heavy atom. The van der Waals surface area contributed by atoms with Crippen molar-refractivity contribution in [2.75, 3.05) is 23.9 Å². The molecule has 0 bridgehead atoms. The molecule has 0 amide bonds. The SMILES string of the molecule is CN(Cc1ccccc1)c1ccc(C(=O)c2ccc(N(C)Cc3ccccc3)cc2)cc1. The number of rotatable bonds is 8. The minimum Gasteiger partial charge on any atom is -0.370 e. The van der Waals surface area contributed by atoms with Gasteiger partial charge >= 0.3 is 0 Å². The summed E-state index contributed by atoms with van der Waals surface area (Å²) in [6.45, 7) is 1.65. The van der Waals surface area contributed by atoms with E-state index in [1.807, 2.05) is 60.7 Å². The standard InChI is InChI=1S/C29H28N2O/c1-30(21-23-9-5-3-6-10-23)27-17-13-25(14-18-27)29(32)26-15-19-28(20-16-26)31(2)22-24-11-7-4-8-12-24/h3-20H,21-22H2,1-2H3. The highest BCUT2D eigenvalue weighted by Crippen LogP contribution is 2.21.